The molecule has 2 saturated heterocycles. The summed E-state index contributed by atoms with van der Waals surface area (Å²) >= 11 is 0. The van der Waals surface area contributed by atoms with E-state index in [0.29, 0.717) is 24.5 Å². The van der Waals surface area contributed by atoms with Gasteiger partial charge in [-0.3, -0.25) is 4.79 Å². The van der Waals surface area contributed by atoms with Crippen molar-refractivity contribution >= 4 is 11.7 Å². The topological polar surface area (TPSA) is 49.3 Å². The SMILES string of the molecule is CCc1ncnc(N2CCC[C@H]3C(=O)N(C)C[C@H]32)c1F. The van der Waals surface area contributed by atoms with Crippen molar-refractivity contribution < 1.29 is 9.18 Å². The maximum atomic E-state index is 14.4. The Kier molecular flexibility index (Phi) is 3.31. The molecule has 2 aliphatic heterocycles. The van der Waals surface area contributed by atoms with E-state index in [2.05, 4.69) is 9.97 Å². The van der Waals surface area contributed by atoms with Crippen LogP contribution in [0.15, 0.2) is 6.33 Å². The fourth-order valence-corrected chi connectivity index (χ4v) is 3.33. The van der Waals surface area contributed by atoms with Gasteiger partial charge in [-0.15, -0.1) is 0 Å². The molecule has 0 radical (unpaired) electrons. The van der Waals surface area contributed by atoms with Crippen LogP contribution >= 0.6 is 0 Å². The first-order chi connectivity index (χ1) is 9.63. The molecule has 1 aromatic heterocycles. The van der Waals surface area contributed by atoms with Gasteiger partial charge in [-0.25, -0.2) is 14.4 Å². The van der Waals surface area contributed by atoms with Crippen LogP contribution in [0.3, 0.4) is 0 Å². The number of piperidine rings is 1. The van der Waals surface area contributed by atoms with Crippen molar-refractivity contribution in [2.24, 2.45) is 5.92 Å². The summed E-state index contributed by atoms with van der Waals surface area (Å²) in [7, 11) is 1.81. The Balaban J connectivity index is 1.96. The molecule has 0 aromatic carbocycles. The third-order valence-electron chi connectivity index (χ3n) is 4.38. The first-order valence-electron chi connectivity index (χ1n) is 7.14. The maximum absolute atomic E-state index is 14.4. The Labute approximate surface area is 117 Å². The van der Waals surface area contributed by atoms with Crippen molar-refractivity contribution in [2.75, 3.05) is 25.0 Å². The van der Waals surface area contributed by atoms with E-state index in [1.54, 1.807) is 4.90 Å². The smallest absolute Gasteiger partial charge is 0.227 e. The molecule has 0 spiro atoms. The van der Waals surface area contributed by atoms with Crippen LogP contribution in [0.1, 0.15) is 25.5 Å². The lowest BCUT2D eigenvalue weighted by atomic mass is 9.91. The quantitative estimate of drug-likeness (QED) is 0.816. The van der Waals surface area contributed by atoms with E-state index in [-0.39, 0.29) is 23.7 Å². The molecule has 0 unspecified atom stereocenters. The number of hydrogen-bond acceptors (Lipinski definition) is 4. The summed E-state index contributed by atoms with van der Waals surface area (Å²) in [6.45, 7) is 3.27. The van der Waals surface area contributed by atoms with Crippen molar-refractivity contribution in [1.29, 1.82) is 0 Å². The first kappa shape index (κ1) is 13.3. The molecule has 2 atom stereocenters. The Bertz CT molecular complexity index is 536. The molecule has 0 aliphatic carbocycles. The number of anilines is 1. The number of amides is 1. The number of carbonyl (C=O) groups is 1. The molecule has 1 aromatic rings. The maximum Gasteiger partial charge on any atom is 0.227 e. The van der Waals surface area contributed by atoms with E-state index >= 15 is 0 Å². The fraction of sp³-hybridized carbons (Fsp3) is 0.643. The van der Waals surface area contributed by atoms with Crippen LogP contribution in [0.25, 0.3) is 0 Å². The van der Waals surface area contributed by atoms with Gasteiger partial charge in [0, 0.05) is 20.1 Å². The summed E-state index contributed by atoms with van der Waals surface area (Å²) in [5.41, 5.74) is 0.440. The van der Waals surface area contributed by atoms with Gasteiger partial charge in [-0.1, -0.05) is 6.92 Å². The Morgan fingerprint density at radius 1 is 1.45 bits per heavy atom. The minimum absolute atomic E-state index is 0.0202. The normalized spacial score (nSPS) is 26.1. The standard InChI is InChI=1S/C14H19FN4O/c1-3-10-12(15)13(17-8-16-10)19-6-4-5-9-11(19)7-18(2)14(9)20/h8-9,11H,3-7H2,1-2H3/t9-,11-/m1/s1. The molecule has 0 bridgehead atoms. The average Bonchev–Trinajstić information content (AvgIpc) is 2.75. The van der Waals surface area contributed by atoms with E-state index < -0.39 is 0 Å². The molecule has 0 saturated carbocycles. The largest absolute Gasteiger partial charge is 0.349 e. The van der Waals surface area contributed by atoms with Crippen molar-refractivity contribution in [3.05, 3.63) is 17.8 Å². The summed E-state index contributed by atoms with van der Waals surface area (Å²) in [5.74, 6) is 0.172. The number of nitrogens with zero attached hydrogens (tertiary/aromatic N) is 4. The summed E-state index contributed by atoms with van der Waals surface area (Å²) < 4.78 is 14.4. The molecule has 3 rings (SSSR count). The van der Waals surface area contributed by atoms with Gasteiger partial charge < -0.3 is 9.80 Å². The van der Waals surface area contributed by atoms with E-state index in [1.807, 2.05) is 18.9 Å². The lowest BCUT2D eigenvalue weighted by Gasteiger charge is -2.36. The Hall–Kier alpha value is -1.72. The summed E-state index contributed by atoms with van der Waals surface area (Å²) in [5, 5.41) is 0. The molecular formula is C14H19FN4O. The number of likely N-dealkylation sites (tertiary alicyclic amines) is 1. The number of rotatable bonds is 2. The molecule has 6 heteroatoms. The fourth-order valence-electron chi connectivity index (χ4n) is 3.33. The van der Waals surface area contributed by atoms with Crippen LogP contribution in [-0.4, -0.2) is 47.0 Å². The molecule has 2 fully saturated rings. The summed E-state index contributed by atoms with van der Waals surface area (Å²) in [6, 6.07) is 0.0374. The number of likely N-dealkylation sites (N-methyl/N-ethyl adjacent to an activating group) is 1. The van der Waals surface area contributed by atoms with Crippen LogP contribution in [-0.2, 0) is 11.2 Å². The van der Waals surface area contributed by atoms with Gasteiger partial charge in [-0.2, -0.15) is 0 Å². The van der Waals surface area contributed by atoms with Crippen molar-refractivity contribution in [2.45, 2.75) is 32.2 Å². The predicted molar refractivity (Wildman–Crippen MR) is 72.9 cm³/mol. The summed E-state index contributed by atoms with van der Waals surface area (Å²) in [4.78, 5) is 23.9. The second kappa shape index (κ2) is 5.00. The molecular weight excluding hydrogens is 259 g/mol. The number of carbonyl (C=O) groups excluding carboxylic acids is 1. The second-order valence-corrected chi connectivity index (χ2v) is 5.54. The minimum Gasteiger partial charge on any atom is -0.349 e. The zero-order chi connectivity index (χ0) is 14.3. The molecule has 5 nitrogen and oxygen atoms in total. The Morgan fingerprint density at radius 3 is 3.00 bits per heavy atom. The third-order valence-corrected chi connectivity index (χ3v) is 4.38. The van der Waals surface area contributed by atoms with Gasteiger partial charge in [0.2, 0.25) is 5.91 Å². The number of halogens is 1. The van der Waals surface area contributed by atoms with Gasteiger partial charge in [0.1, 0.15) is 6.33 Å². The highest BCUT2D eigenvalue weighted by Gasteiger charge is 2.44. The van der Waals surface area contributed by atoms with Gasteiger partial charge in [-0.05, 0) is 19.3 Å². The second-order valence-electron chi connectivity index (χ2n) is 5.54. The van der Waals surface area contributed by atoms with Gasteiger partial charge >= 0.3 is 0 Å². The average molecular weight is 278 g/mol. The molecule has 0 N–H and O–H groups in total. The number of fused-ring (bicyclic) bond motifs is 1. The van der Waals surface area contributed by atoms with Crippen LogP contribution < -0.4 is 4.90 Å². The van der Waals surface area contributed by atoms with E-state index in [4.69, 9.17) is 0 Å². The van der Waals surface area contributed by atoms with Gasteiger partial charge in [0.05, 0.1) is 17.7 Å². The third kappa shape index (κ3) is 1.94. The summed E-state index contributed by atoms with van der Waals surface area (Å²) in [6.07, 6.45) is 3.74. The van der Waals surface area contributed by atoms with Crippen molar-refractivity contribution in [1.82, 2.24) is 14.9 Å². The molecule has 20 heavy (non-hydrogen) atoms. The zero-order valence-corrected chi connectivity index (χ0v) is 11.8. The molecule has 2 aliphatic rings. The van der Waals surface area contributed by atoms with Crippen molar-refractivity contribution in [3.63, 3.8) is 0 Å². The van der Waals surface area contributed by atoms with Gasteiger partial charge in [0.15, 0.2) is 11.6 Å². The van der Waals surface area contributed by atoms with Gasteiger partial charge in [0.25, 0.3) is 0 Å². The lowest BCUT2D eigenvalue weighted by molar-refractivity contribution is -0.130. The lowest BCUT2D eigenvalue weighted by Crippen LogP contribution is -2.46. The van der Waals surface area contributed by atoms with Crippen LogP contribution in [0.5, 0.6) is 0 Å². The first-order valence-corrected chi connectivity index (χ1v) is 7.14. The number of aryl methyl sites for hydroxylation is 1. The number of hydrogen-bond donors (Lipinski definition) is 0. The van der Waals surface area contributed by atoms with E-state index in [0.717, 1.165) is 19.4 Å². The monoisotopic (exact) mass is 278 g/mol. The minimum atomic E-state index is -0.336. The number of aromatic nitrogens is 2. The highest BCUT2D eigenvalue weighted by atomic mass is 19.1. The molecule has 3 heterocycles. The zero-order valence-electron chi connectivity index (χ0n) is 11.8. The van der Waals surface area contributed by atoms with Crippen molar-refractivity contribution in [3.8, 4) is 0 Å². The predicted octanol–water partition coefficient (Wildman–Crippen LogP) is 1.24. The highest BCUT2D eigenvalue weighted by Crippen LogP contribution is 2.34. The van der Waals surface area contributed by atoms with Crippen LogP contribution in [0, 0.1) is 11.7 Å². The van der Waals surface area contributed by atoms with E-state index in [1.165, 1.54) is 6.33 Å². The molecule has 108 valence electrons. The van der Waals surface area contributed by atoms with Crippen LogP contribution in [0.4, 0.5) is 10.2 Å². The van der Waals surface area contributed by atoms with Crippen LogP contribution in [0.2, 0.25) is 0 Å². The molecule has 1 amide bonds. The van der Waals surface area contributed by atoms with E-state index in [9.17, 15) is 9.18 Å². The highest BCUT2D eigenvalue weighted by molar-refractivity contribution is 5.83. The Morgan fingerprint density at radius 2 is 2.25 bits per heavy atom.